The van der Waals surface area contributed by atoms with Gasteiger partial charge in [-0.2, -0.15) is 0 Å². The fraction of sp³-hybridized carbons (Fsp3) is 0.571. The van der Waals surface area contributed by atoms with Gasteiger partial charge in [-0.3, -0.25) is 4.90 Å². The third-order valence-electron chi connectivity index (χ3n) is 3.28. The van der Waals surface area contributed by atoms with Gasteiger partial charge in [0.1, 0.15) is 5.82 Å². The molecule has 1 aromatic carbocycles. The van der Waals surface area contributed by atoms with Crippen molar-refractivity contribution in [3.05, 3.63) is 34.6 Å². The normalized spacial score (nSPS) is 18.5. The van der Waals surface area contributed by atoms with Crippen molar-refractivity contribution in [2.45, 2.75) is 19.5 Å². The fourth-order valence-electron chi connectivity index (χ4n) is 2.20. The van der Waals surface area contributed by atoms with Gasteiger partial charge in [-0.25, -0.2) is 4.39 Å². The lowest BCUT2D eigenvalue weighted by Gasteiger charge is -2.29. The quantitative estimate of drug-likeness (QED) is 0.899. The second-order valence-corrected chi connectivity index (χ2v) is 5.37. The average Bonchev–Trinajstić information content (AvgIpc) is 2.41. The molecule has 1 aromatic rings. The Morgan fingerprint density at radius 3 is 2.89 bits per heavy atom. The van der Waals surface area contributed by atoms with Crippen LogP contribution in [-0.4, -0.2) is 43.8 Å². The first-order chi connectivity index (χ1) is 9.15. The number of hydrogen-bond donors (Lipinski definition) is 1. The molecule has 1 aliphatic rings. The third-order valence-corrected chi connectivity index (χ3v) is 3.52. The number of nitrogens with one attached hydrogen (secondary N) is 1. The van der Waals surface area contributed by atoms with Crippen LogP contribution in [0.2, 0.25) is 5.02 Å². The lowest BCUT2D eigenvalue weighted by Crippen LogP contribution is -2.44. The van der Waals surface area contributed by atoms with E-state index in [2.05, 4.69) is 17.1 Å². The monoisotopic (exact) mass is 286 g/mol. The molecule has 5 heteroatoms. The van der Waals surface area contributed by atoms with Gasteiger partial charge >= 0.3 is 0 Å². The summed E-state index contributed by atoms with van der Waals surface area (Å²) in [5, 5.41) is 3.90. The Bertz CT molecular complexity index is 410. The zero-order valence-electron chi connectivity index (χ0n) is 11.2. The molecule has 0 saturated carbocycles. The van der Waals surface area contributed by atoms with Crippen LogP contribution in [-0.2, 0) is 11.3 Å². The Balaban J connectivity index is 1.79. The standard InChI is InChI=1S/C14H20ClFN2O/c1-11(10-18-4-6-19-7-5-18)17-9-12-8-13(15)2-3-14(12)16/h2-3,8,11,17H,4-7,9-10H2,1H3. The van der Waals surface area contributed by atoms with E-state index in [0.717, 1.165) is 32.8 Å². The van der Waals surface area contributed by atoms with Crippen molar-refractivity contribution in [2.75, 3.05) is 32.8 Å². The highest BCUT2D eigenvalue weighted by Gasteiger charge is 2.13. The molecule has 3 nitrogen and oxygen atoms in total. The first-order valence-electron chi connectivity index (χ1n) is 6.62. The van der Waals surface area contributed by atoms with Gasteiger partial charge in [0.2, 0.25) is 0 Å². The van der Waals surface area contributed by atoms with Crippen LogP contribution in [0.5, 0.6) is 0 Å². The Morgan fingerprint density at radius 1 is 1.42 bits per heavy atom. The third kappa shape index (κ3) is 4.73. The van der Waals surface area contributed by atoms with E-state index in [9.17, 15) is 4.39 Å². The summed E-state index contributed by atoms with van der Waals surface area (Å²) >= 11 is 5.87. The van der Waals surface area contributed by atoms with Gasteiger partial charge in [-0.05, 0) is 25.1 Å². The second-order valence-electron chi connectivity index (χ2n) is 4.93. The Labute approximate surface area is 118 Å². The Hall–Kier alpha value is -0.680. The fourth-order valence-corrected chi connectivity index (χ4v) is 2.39. The van der Waals surface area contributed by atoms with Gasteiger partial charge in [-0.1, -0.05) is 11.6 Å². The minimum absolute atomic E-state index is 0.213. The number of nitrogens with zero attached hydrogens (tertiary/aromatic N) is 1. The Kier molecular flexibility index (Phi) is 5.58. The van der Waals surface area contributed by atoms with E-state index in [1.54, 1.807) is 12.1 Å². The molecule has 0 radical (unpaired) electrons. The molecule has 1 heterocycles. The van der Waals surface area contributed by atoms with Crippen molar-refractivity contribution in [3.63, 3.8) is 0 Å². The van der Waals surface area contributed by atoms with E-state index >= 15 is 0 Å². The lowest BCUT2D eigenvalue weighted by atomic mass is 10.2. The predicted molar refractivity (Wildman–Crippen MR) is 75.0 cm³/mol. The molecule has 1 fully saturated rings. The SMILES string of the molecule is CC(CN1CCOCC1)NCc1cc(Cl)ccc1F. The van der Waals surface area contributed by atoms with Gasteiger partial charge in [0.25, 0.3) is 0 Å². The average molecular weight is 287 g/mol. The molecule has 1 unspecified atom stereocenters. The van der Waals surface area contributed by atoms with Gasteiger partial charge < -0.3 is 10.1 Å². The number of rotatable bonds is 5. The first-order valence-corrected chi connectivity index (χ1v) is 7.00. The molecule has 0 spiro atoms. The van der Waals surface area contributed by atoms with Crippen LogP contribution in [0.1, 0.15) is 12.5 Å². The zero-order chi connectivity index (χ0) is 13.7. The highest BCUT2D eigenvalue weighted by Crippen LogP contribution is 2.14. The van der Waals surface area contributed by atoms with Crippen molar-refractivity contribution in [1.29, 1.82) is 0 Å². The van der Waals surface area contributed by atoms with Crippen LogP contribution in [0.4, 0.5) is 4.39 Å². The van der Waals surface area contributed by atoms with Gasteiger partial charge in [0, 0.05) is 42.8 Å². The minimum Gasteiger partial charge on any atom is -0.379 e. The summed E-state index contributed by atoms with van der Waals surface area (Å²) in [6.45, 7) is 7.10. The number of benzene rings is 1. The maximum Gasteiger partial charge on any atom is 0.127 e. The maximum absolute atomic E-state index is 13.6. The molecule has 0 bridgehead atoms. The molecule has 1 saturated heterocycles. The summed E-state index contributed by atoms with van der Waals surface area (Å²) in [6.07, 6.45) is 0. The van der Waals surface area contributed by atoms with Crippen molar-refractivity contribution < 1.29 is 9.13 Å². The maximum atomic E-state index is 13.6. The minimum atomic E-state index is -0.213. The Morgan fingerprint density at radius 2 is 2.16 bits per heavy atom. The number of halogens is 2. The summed E-state index contributed by atoms with van der Waals surface area (Å²) < 4.78 is 18.9. The highest BCUT2D eigenvalue weighted by molar-refractivity contribution is 6.30. The molecule has 1 atom stereocenters. The molecular weight excluding hydrogens is 267 g/mol. The topological polar surface area (TPSA) is 24.5 Å². The van der Waals surface area contributed by atoms with Gasteiger partial charge in [0.15, 0.2) is 0 Å². The number of morpholine rings is 1. The predicted octanol–water partition coefficient (Wildman–Crippen LogP) is 2.29. The van der Waals surface area contributed by atoms with Gasteiger partial charge in [-0.15, -0.1) is 0 Å². The van der Waals surface area contributed by atoms with Gasteiger partial charge in [0.05, 0.1) is 13.2 Å². The molecule has 19 heavy (non-hydrogen) atoms. The van der Waals surface area contributed by atoms with Crippen molar-refractivity contribution >= 4 is 11.6 Å². The molecular formula is C14H20ClFN2O. The summed E-state index contributed by atoms with van der Waals surface area (Å²) in [6, 6.07) is 4.95. The van der Waals surface area contributed by atoms with Crippen molar-refractivity contribution in [2.24, 2.45) is 0 Å². The summed E-state index contributed by atoms with van der Waals surface area (Å²) in [5.74, 6) is -0.213. The number of hydrogen-bond acceptors (Lipinski definition) is 3. The highest BCUT2D eigenvalue weighted by atomic mass is 35.5. The molecule has 1 aliphatic heterocycles. The molecule has 0 amide bonds. The molecule has 0 aliphatic carbocycles. The zero-order valence-corrected chi connectivity index (χ0v) is 11.9. The molecule has 2 rings (SSSR count). The molecule has 1 N–H and O–H groups in total. The summed E-state index contributed by atoms with van der Waals surface area (Å²) in [5.41, 5.74) is 0.612. The molecule has 106 valence electrons. The van der Waals surface area contributed by atoms with Crippen LogP contribution in [0.25, 0.3) is 0 Å². The number of ether oxygens (including phenoxy) is 1. The van der Waals surface area contributed by atoms with E-state index in [4.69, 9.17) is 16.3 Å². The van der Waals surface area contributed by atoms with Crippen molar-refractivity contribution in [3.8, 4) is 0 Å². The van der Waals surface area contributed by atoms with E-state index in [-0.39, 0.29) is 5.82 Å². The van der Waals surface area contributed by atoms with E-state index < -0.39 is 0 Å². The summed E-state index contributed by atoms with van der Waals surface area (Å²) in [7, 11) is 0. The first kappa shape index (κ1) is 14.7. The van der Waals surface area contributed by atoms with Crippen LogP contribution in [0, 0.1) is 5.82 Å². The largest absolute Gasteiger partial charge is 0.379 e. The second kappa shape index (κ2) is 7.20. The van der Waals surface area contributed by atoms with E-state index in [1.807, 2.05) is 0 Å². The summed E-state index contributed by atoms with van der Waals surface area (Å²) in [4.78, 5) is 2.36. The smallest absolute Gasteiger partial charge is 0.127 e. The van der Waals surface area contributed by atoms with Crippen LogP contribution in [0.3, 0.4) is 0 Å². The van der Waals surface area contributed by atoms with Crippen LogP contribution < -0.4 is 5.32 Å². The lowest BCUT2D eigenvalue weighted by molar-refractivity contribution is 0.0343. The van der Waals surface area contributed by atoms with Crippen LogP contribution in [0.15, 0.2) is 18.2 Å². The van der Waals surface area contributed by atoms with Crippen LogP contribution >= 0.6 is 11.6 Å². The van der Waals surface area contributed by atoms with E-state index in [0.29, 0.717) is 23.2 Å². The van der Waals surface area contributed by atoms with Crippen molar-refractivity contribution in [1.82, 2.24) is 10.2 Å². The van der Waals surface area contributed by atoms with E-state index in [1.165, 1.54) is 6.07 Å². The molecule has 0 aromatic heterocycles.